The number of carbonyl (C=O) groups excluding carboxylic acids is 2. The number of benzene rings is 1. The Labute approximate surface area is 155 Å². The summed E-state index contributed by atoms with van der Waals surface area (Å²) in [6.07, 6.45) is 0.790. The fourth-order valence-electron chi connectivity index (χ4n) is 2.06. The van der Waals surface area contributed by atoms with Crippen molar-refractivity contribution in [2.45, 2.75) is 13.3 Å². The number of amides is 1. The number of nitrogens with zero attached hydrogens (tertiary/aromatic N) is 1. The molecule has 0 saturated heterocycles. The maximum atomic E-state index is 12.8. The van der Waals surface area contributed by atoms with E-state index in [0.717, 1.165) is 11.3 Å². The molecule has 0 aliphatic rings. The SMILES string of the molecule is Br.CCc1cc(C(=O)c2ccccc2Cl)c(N(C)C(=O)CN)s1. The van der Waals surface area contributed by atoms with E-state index in [1.54, 1.807) is 31.3 Å². The van der Waals surface area contributed by atoms with Gasteiger partial charge >= 0.3 is 0 Å². The molecule has 4 nitrogen and oxygen atoms in total. The Morgan fingerprint density at radius 2 is 1.91 bits per heavy atom. The molecule has 0 atom stereocenters. The topological polar surface area (TPSA) is 63.4 Å². The zero-order valence-electron chi connectivity index (χ0n) is 12.8. The van der Waals surface area contributed by atoms with Crippen LogP contribution in [0.1, 0.15) is 27.7 Å². The van der Waals surface area contributed by atoms with E-state index in [2.05, 4.69) is 0 Å². The zero-order chi connectivity index (χ0) is 16.3. The second kappa shape index (κ2) is 8.59. The molecular weight excluding hydrogens is 400 g/mol. The Kier molecular flexibility index (Phi) is 7.41. The first-order chi connectivity index (χ1) is 10.5. The first kappa shape index (κ1) is 19.8. The summed E-state index contributed by atoms with van der Waals surface area (Å²) in [6.45, 7) is 1.90. The van der Waals surface area contributed by atoms with Crippen molar-refractivity contribution in [3.05, 3.63) is 51.4 Å². The van der Waals surface area contributed by atoms with Crippen LogP contribution in [0.2, 0.25) is 5.02 Å². The van der Waals surface area contributed by atoms with Crippen LogP contribution in [-0.2, 0) is 11.2 Å². The van der Waals surface area contributed by atoms with Crippen molar-refractivity contribution in [3.63, 3.8) is 0 Å². The summed E-state index contributed by atoms with van der Waals surface area (Å²) in [5.41, 5.74) is 6.33. The Bertz CT molecular complexity index is 718. The van der Waals surface area contributed by atoms with E-state index >= 15 is 0 Å². The van der Waals surface area contributed by atoms with Crippen molar-refractivity contribution in [1.29, 1.82) is 0 Å². The molecule has 1 aromatic heterocycles. The summed E-state index contributed by atoms with van der Waals surface area (Å²) in [4.78, 5) is 27.1. The van der Waals surface area contributed by atoms with E-state index in [-0.39, 0.29) is 35.2 Å². The molecule has 1 aromatic carbocycles. The second-order valence-electron chi connectivity index (χ2n) is 4.75. The molecule has 0 fully saturated rings. The van der Waals surface area contributed by atoms with E-state index in [1.165, 1.54) is 16.2 Å². The number of carbonyl (C=O) groups is 2. The molecule has 0 radical (unpaired) electrons. The maximum absolute atomic E-state index is 12.8. The van der Waals surface area contributed by atoms with Gasteiger partial charge in [0, 0.05) is 17.5 Å². The van der Waals surface area contributed by atoms with E-state index in [0.29, 0.717) is 21.2 Å². The number of ketones is 1. The molecule has 1 amide bonds. The average Bonchev–Trinajstić information content (AvgIpc) is 2.97. The summed E-state index contributed by atoms with van der Waals surface area (Å²) in [5, 5.41) is 1.01. The van der Waals surface area contributed by atoms with Crippen LogP contribution in [0, 0.1) is 0 Å². The van der Waals surface area contributed by atoms with Gasteiger partial charge in [-0.3, -0.25) is 9.59 Å². The number of anilines is 1. The van der Waals surface area contributed by atoms with Crippen molar-refractivity contribution in [2.75, 3.05) is 18.5 Å². The van der Waals surface area contributed by atoms with Crippen LogP contribution in [0.25, 0.3) is 0 Å². The van der Waals surface area contributed by atoms with Gasteiger partial charge in [0.05, 0.1) is 17.1 Å². The Morgan fingerprint density at radius 3 is 2.48 bits per heavy atom. The molecule has 2 rings (SSSR count). The van der Waals surface area contributed by atoms with Crippen LogP contribution in [0.5, 0.6) is 0 Å². The van der Waals surface area contributed by atoms with E-state index in [1.807, 2.05) is 13.0 Å². The monoisotopic (exact) mass is 416 g/mol. The molecule has 0 aliphatic carbocycles. The molecule has 0 unspecified atom stereocenters. The van der Waals surface area contributed by atoms with E-state index < -0.39 is 0 Å². The van der Waals surface area contributed by atoms with Crippen LogP contribution >= 0.6 is 39.9 Å². The lowest BCUT2D eigenvalue weighted by atomic mass is 10.0. The maximum Gasteiger partial charge on any atom is 0.241 e. The molecule has 23 heavy (non-hydrogen) atoms. The van der Waals surface area contributed by atoms with Crippen molar-refractivity contribution < 1.29 is 9.59 Å². The molecule has 0 aliphatic heterocycles. The van der Waals surface area contributed by atoms with Gasteiger partial charge in [0.2, 0.25) is 5.91 Å². The first-order valence-electron chi connectivity index (χ1n) is 6.88. The van der Waals surface area contributed by atoms with Gasteiger partial charge in [0.1, 0.15) is 5.00 Å². The van der Waals surface area contributed by atoms with Gasteiger partial charge in [-0.15, -0.1) is 28.3 Å². The fraction of sp³-hybridized carbons (Fsp3) is 0.250. The number of rotatable bonds is 5. The number of nitrogens with two attached hydrogens (primary N) is 1. The minimum absolute atomic E-state index is 0. The van der Waals surface area contributed by atoms with E-state index in [4.69, 9.17) is 17.3 Å². The number of aryl methyl sites for hydroxylation is 1. The number of likely N-dealkylation sites (N-methyl/N-ethyl adjacent to an activating group) is 1. The molecule has 0 bridgehead atoms. The largest absolute Gasteiger partial charge is 0.322 e. The van der Waals surface area contributed by atoms with Crippen molar-refractivity contribution >= 4 is 56.6 Å². The highest BCUT2D eigenvalue weighted by Gasteiger charge is 2.23. The normalized spacial score (nSPS) is 10.1. The average molecular weight is 418 g/mol. The minimum Gasteiger partial charge on any atom is -0.322 e. The van der Waals surface area contributed by atoms with Crippen LogP contribution in [-0.4, -0.2) is 25.3 Å². The standard InChI is InChI=1S/C16H17ClN2O2S.BrH/c1-3-10-8-12(16(22-10)19(2)14(20)9-18)15(21)11-6-4-5-7-13(11)17;/h4-8H,3,9,18H2,1-2H3;1H. The van der Waals surface area contributed by atoms with Crippen LogP contribution in [0.4, 0.5) is 5.00 Å². The highest BCUT2D eigenvalue weighted by molar-refractivity contribution is 8.93. The predicted molar refractivity (Wildman–Crippen MR) is 101 cm³/mol. The molecule has 7 heteroatoms. The number of halogens is 2. The molecule has 0 spiro atoms. The predicted octanol–water partition coefficient (Wildman–Crippen LogP) is 3.69. The van der Waals surface area contributed by atoms with Crippen molar-refractivity contribution in [3.8, 4) is 0 Å². The van der Waals surface area contributed by atoms with Crippen LogP contribution in [0.15, 0.2) is 30.3 Å². The van der Waals surface area contributed by atoms with E-state index in [9.17, 15) is 9.59 Å². The summed E-state index contributed by atoms with van der Waals surface area (Å²) in [5.74, 6) is -0.425. The molecule has 0 saturated carbocycles. The summed E-state index contributed by atoms with van der Waals surface area (Å²) >= 11 is 7.54. The number of thiophene rings is 1. The molecule has 2 aromatic rings. The summed E-state index contributed by atoms with van der Waals surface area (Å²) < 4.78 is 0. The highest BCUT2D eigenvalue weighted by Crippen LogP contribution is 2.34. The first-order valence-corrected chi connectivity index (χ1v) is 8.07. The van der Waals surface area contributed by atoms with Gasteiger partial charge in [-0.1, -0.05) is 30.7 Å². The molecule has 124 valence electrons. The van der Waals surface area contributed by atoms with Crippen molar-refractivity contribution in [2.24, 2.45) is 5.73 Å². The summed E-state index contributed by atoms with van der Waals surface area (Å²) in [6, 6.07) is 8.72. The van der Waals surface area contributed by atoms with Gasteiger partial charge in [-0.25, -0.2) is 0 Å². The third-order valence-corrected chi connectivity index (χ3v) is 5.01. The van der Waals surface area contributed by atoms with Crippen LogP contribution in [0.3, 0.4) is 0 Å². The minimum atomic E-state index is -0.238. The third-order valence-electron chi connectivity index (χ3n) is 3.33. The Hall–Kier alpha value is -1.21. The smallest absolute Gasteiger partial charge is 0.241 e. The Morgan fingerprint density at radius 1 is 1.26 bits per heavy atom. The zero-order valence-corrected chi connectivity index (χ0v) is 16.1. The quantitative estimate of drug-likeness (QED) is 0.755. The summed E-state index contributed by atoms with van der Waals surface area (Å²) in [7, 11) is 1.63. The molecule has 2 N–H and O–H groups in total. The highest BCUT2D eigenvalue weighted by atomic mass is 79.9. The van der Waals surface area contributed by atoms with Gasteiger partial charge in [-0.2, -0.15) is 0 Å². The number of hydrogen-bond acceptors (Lipinski definition) is 4. The second-order valence-corrected chi connectivity index (χ2v) is 6.27. The van der Waals surface area contributed by atoms with Gasteiger partial charge in [-0.05, 0) is 24.6 Å². The lowest BCUT2D eigenvalue weighted by Crippen LogP contribution is -2.32. The van der Waals surface area contributed by atoms with Gasteiger partial charge in [0.15, 0.2) is 5.78 Å². The lowest BCUT2D eigenvalue weighted by molar-refractivity contribution is -0.116. The van der Waals surface area contributed by atoms with Crippen molar-refractivity contribution in [1.82, 2.24) is 0 Å². The molecule has 1 heterocycles. The third kappa shape index (κ3) is 4.20. The lowest BCUT2D eigenvalue weighted by Gasteiger charge is -2.16. The fourth-order valence-corrected chi connectivity index (χ4v) is 3.35. The number of hydrogen-bond donors (Lipinski definition) is 1. The van der Waals surface area contributed by atoms with Crippen LogP contribution < -0.4 is 10.6 Å². The molecular formula is C16H18BrClN2O2S. The Balaban J connectivity index is 0.00000264. The van der Waals surface area contributed by atoms with Gasteiger partial charge < -0.3 is 10.6 Å². The van der Waals surface area contributed by atoms with Gasteiger partial charge in [0.25, 0.3) is 0 Å².